The summed E-state index contributed by atoms with van der Waals surface area (Å²) in [5.74, 6) is 2.35. The van der Waals surface area contributed by atoms with Crippen LogP contribution in [0.5, 0.6) is 17.2 Å². The second-order valence-corrected chi connectivity index (χ2v) is 8.22. The zero-order chi connectivity index (χ0) is 24.0. The fourth-order valence-electron chi connectivity index (χ4n) is 3.61. The number of methoxy groups -OCH3 is 3. The fraction of sp³-hybridized carbons (Fsp3) is 0.375. The monoisotopic (exact) mass is 470 g/mol. The molecule has 0 saturated carbocycles. The lowest BCUT2D eigenvalue weighted by Crippen LogP contribution is -2.17. The van der Waals surface area contributed by atoms with E-state index in [-0.39, 0.29) is 11.7 Å². The third-order valence-electron chi connectivity index (χ3n) is 5.35. The summed E-state index contributed by atoms with van der Waals surface area (Å²) in [5, 5.41) is 12.3. The Morgan fingerprint density at radius 2 is 1.61 bits per heavy atom. The average molecular weight is 471 g/mol. The molecule has 0 radical (unpaired) electrons. The lowest BCUT2D eigenvalue weighted by atomic mass is 10.0. The van der Waals surface area contributed by atoms with Gasteiger partial charge in [0.1, 0.15) is 0 Å². The molecule has 1 heterocycles. The van der Waals surface area contributed by atoms with Crippen LogP contribution in [0.2, 0.25) is 0 Å². The van der Waals surface area contributed by atoms with Crippen LogP contribution in [0.25, 0.3) is 11.4 Å². The van der Waals surface area contributed by atoms with Gasteiger partial charge in [0.25, 0.3) is 0 Å². The van der Waals surface area contributed by atoms with Gasteiger partial charge in [0.05, 0.1) is 27.1 Å². The number of hydrogen-bond donors (Lipinski definition) is 1. The van der Waals surface area contributed by atoms with Crippen LogP contribution in [0.1, 0.15) is 25.0 Å². The minimum absolute atomic E-state index is 0.0760. The Balaban J connectivity index is 1.77. The van der Waals surface area contributed by atoms with E-state index in [2.05, 4.69) is 29.4 Å². The highest BCUT2D eigenvalue weighted by Crippen LogP contribution is 2.41. The van der Waals surface area contributed by atoms with E-state index >= 15 is 0 Å². The summed E-state index contributed by atoms with van der Waals surface area (Å²) in [5.41, 5.74) is 3.96. The molecule has 0 spiro atoms. The first-order valence-corrected chi connectivity index (χ1v) is 11.7. The van der Waals surface area contributed by atoms with E-state index in [1.165, 1.54) is 11.8 Å². The smallest absolute Gasteiger partial charge is 0.234 e. The highest BCUT2D eigenvalue weighted by molar-refractivity contribution is 7.99. The summed E-state index contributed by atoms with van der Waals surface area (Å²) in [7, 11) is 6.56. The maximum absolute atomic E-state index is 12.7. The molecule has 1 aromatic heterocycles. The number of benzene rings is 2. The maximum atomic E-state index is 12.7. The molecule has 0 bridgehead atoms. The second kappa shape index (κ2) is 11.1. The maximum Gasteiger partial charge on any atom is 0.234 e. The summed E-state index contributed by atoms with van der Waals surface area (Å²) in [4.78, 5) is 12.7. The van der Waals surface area contributed by atoms with Crippen LogP contribution < -0.4 is 19.5 Å². The molecule has 1 N–H and O–H groups in total. The van der Waals surface area contributed by atoms with Crippen molar-refractivity contribution in [2.24, 2.45) is 7.05 Å². The summed E-state index contributed by atoms with van der Waals surface area (Å²) in [6.07, 6.45) is 1.72. The predicted octanol–water partition coefficient (Wildman–Crippen LogP) is 4.36. The summed E-state index contributed by atoms with van der Waals surface area (Å²) >= 11 is 1.33. The minimum Gasteiger partial charge on any atom is -0.493 e. The highest BCUT2D eigenvalue weighted by atomic mass is 32.2. The van der Waals surface area contributed by atoms with Crippen molar-refractivity contribution in [1.29, 1.82) is 0 Å². The molecular weight excluding hydrogens is 440 g/mol. The van der Waals surface area contributed by atoms with Gasteiger partial charge in [0, 0.05) is 18.3 Å². The van der Waals surface area contributed by atoms with E-state index < -0.39 is 0 Å². The number of rotatable bonds is 10. The molecule has 0 unspecified atom stereocenters. The van der Waals surface area contributed by atoms with Gasteiger partial charge in [-0.2, -0.15) is 0 Å². The number of carbonyl (C=O) groups is 1. The van der Waals surface area contributed by atoms with Crippen molar-refractivity contribution in [3.05, 3.63) is 41.5 Å². The van der Waals surface area contributed by atoms with E-state index in [4.69, 9.17) is 14.2 Å². The van der Waals surface area contributed by atoms with Crippen molar-refractivity contribution in [3.63, 3.8) is 0 Å². The van der Waals surface area contributed by atoms with E-state index in [1.807, 2.05) is 41.9 Å². The van der Waals surface area contributed by atoms with Crippen molar-refractivity contribution in [1.82, 2.24) is 14.8 Å². The van der Waals surface area contributed by atoms with Crippen molar-refractivity contribution < 1.29 is 19.0 Å². The molecule has 1 amide bonds. The third-order valence-corrected chi connectivity index (χ3v) is 6.37. The van der Waals surface area contributed by atoms with Crippen LogP contribution >= 0.6 is 11.8 Å². The molecule has 9 heteroatoms. The van der Waals surface area contributed by atoms with Crippen LogP contribution in [-0.2, 0) is 24.7 Å². The van der Waals surface area contributed by atoms with E-state index in [1.54, 1.807) is 21.3 Å². The molecular formula is C24H30N4O4S. The van der Waals surface area contributed by atoms with E-state index in [0.717, 1.165) is 35.2 Å². The van der Waals surface area contributed by atoms with Crippen LogP contribution in [0.3, 0.4) is 0 Å². The highest BCUT2D eigenvalue weighted by Gasteiger charge is 2.19. The minimum atomic E-state index is -0.0760. The average Bonchev–Trinajstić information content (AvgIpc) is 3.21. The van der Waals surface area contributed by atoms with Gasteiger partial charge in [-0.1, -0.05) is 43.8 Å². The fourth-order valence-corrected chi connectivity index (χ4v) is 4.32. The van der Waals surface area contributed by atoms with Crippen molar-refractivity contribution in [2.45, 2.75) is 31.8 Å². The number of amides is 1. The number of nitrogens with zero attached hydrogens (tertiary/aromatic N) is 3. The molecule has 0 aliphatic rings. The molecule has 0 aliphatic heterocycles. The largest absolute Gasteiger partial charge is 0.493 e. The predicted molar refractivity (Wildman–Crippen MR) is 131 cm³/mol. The van der Waals surface area contributed by atoms with Crippen LogP contribution in [-0.4, -0.2) is 47.8 Å². The number of para-hydroxylation sites is 1. The molecule has 0 aliphatic carbocycles. The van der Waals surface area contributed by atoms with Gasteiger partial charge in [-0.25, -0.2) is 0 Å². The number of aryl methyl sites for hydroxylation is 2. The Labute approximate surface area is 198 Å². The number of nitrogens with one attached hydrogen (secondary N) is 1. The summed E-state index contributed by atoms with van der Waals surface area (Å²) in [6, 6.07) is 9.77. The molecule has 2 aromatic carbocycles. The number of anilines is 1. The van der Waals surface area contributed by atoms with Gasteiger partial charge in [-0.05, 0) is 36.1 Å². The van der Waals surface area contributed by atoms with E-state index in [0.29, 0.717) is 28.2 Å². The van der Waals surface area contributed by atoms with Crippen molar-refractivity contribution in [3.8, 4) is 28.6 Å². The Kier molecular flexibility index (Phi) is 8.21. The summed E-state index contributed by atoms with van der Waals surface area (Å²) < 4.78 is 18.1. The molecule has 3 rings (SSSR count). The van der Waals surface area contributed by atoms with Gasteiger partial charge >= 0.3 is 0 Å². The quantitative estimate of drug-likeness (QED) is 0.440. The number of ether oxygens (including phenoxy) is 3. The van der Waals surface area contributed by atoms with Crippen LogP contribution in [0.4, 0.5) is 5.69 Å². The Morgan fingerprint density at radius 1 is 1.00 bits per heavy atom. The molecule has 0 fully saturated rings. The van der Waals surface area contributed by atoms with Gasteiger partial charge in [0.15, 0.2) is 22.5 Å². The van der Waals surface area contributed by atoms with Crippen molar-refractivity contribution in [2.75, 3.05) is 32.4 Å². The van der Waals surface area contributed by atoms with Gasteiger partial charge in [0.2, 0.25) is 11.7 Å². The van der Waals surface area contributed by atoms with Crippen LogP contribution in [0.15, 0.2) is 35.5 Å². The Morgan fingerprint density at radius 3 is 2.12 bits per heavy atom. The third kappa shape index (κ3) is 5.24. The lowest BCUT2D eigenvalue weighted by molar-refractivity contribution is -0.113. The topological polar surface area (TPSA) is 87.5 Å². The normalized spacial score (nSPS) is 10.7. The molecule has 0 saturated heterocycles. The van der Waals surface area contributed by atoms with Gasteiger partial charge in [-0.15, -0.1) is 10.2 Å². The first-order chi connectivity index (χ1) is 16.0. The van der Waals surface area contributed by atoms with Crippen molar-refractivity contribution >= 4 is 23.4 Å². The lowest BCUT2D eigenvalue weighted by Gasteiger charge is -2.14. The van der Waals surface area contributed by atoms with Crippen LogP contribution in [0, 0.1) is 0 Å². The molecule has 3 aromatic rings. The first kappa shape index (κ1) is 24.4. The Hall–Kier alpha value is -3.20. The zero-order valence-electron chi connectivity index (χ0n) is 19.9. The van der Waals surface area contributed by atoms with Gasteiger partial charge in [-0.3, -0.25) is 4.79 Å². The van der Waals surface area contributed by atoms with E-state index in [9.17, 15) is 4.79 Å². The molecule has 0 atom stereocenters. The number of aromatic nitrogens is 3. The number of hydrogen-bond acceptors (Lipinski definition) is 7. The molecule has 176 valence electrons. The zero-order valence-corrected chi connectivity index (χ0v) is 20.7. The first-order valence-electron chi connectivity index (χ1n) is 10.7. The Bertz CT molecular complexity index is 1080. The standard InChI is InChI=1S/C24H30N4O4S/c1-7-15-10-9-11-16(8-2)21(15)25-20(29)14-33-24-27-26-23(28(24)3)17-12-18(30-4)22(32-6)19(13-17)31-5/h9-13H,7-8,14H2,1-6H3,(H,25,29). The van der Waals surface area contributed by atoms with Gasteiger partial charge < -0.3 is 24.1 Å². The molecule has 33 heavy (non-hydrogen) atoms. The number of carbonyl (C=O) groups excluding carboxylic acids is 1. The second-order valence-electron chi connectivity index (χ2n) is 7.27. The summed E-state index contributed by atoms with van der Waals surface area (Å²) in [6.45, 7) is 4.17. The SMILES string of the molecule is CCc1cccc(CC)c1NC(=O)CSc1nnc(-c2cc(OC)c(OC)c(OC)c2)n1C. The number of thioether (sulfide) groups is 1. The molecule has 8 nitrogen and oxygen atoms in total.